The summed E-state index contributed by atoms with van der Waals surface area (Å²) in [6.07, 6.45) is 1.70. The second kappa shape index (κ2) is 3.43. The molecule has 21 heavy (non-hydrogen) atoms. The van der Waals surface area contributed by atoms with Crippen LogP contribution in [0.4, 0.5) is 0 Å². The molecule has 2 N–H and O–H groups in total. The third-order valence-corrected chi connectivity index (χ3v) is 6.36. The fourth-order valence-electron chi connectivity index (χ4n) is 4.59. The van der Waals surface area contributed by atoms with Gasteiger partial charge in [0, 0.05) is 5.41 Å². The van der Waals surface area contributed by atoms with Crippen LogP contribution in [0.1, 0.15) is 45.0 Å². The van der Waals surface area contributed by atoms with E-state index in [1.54, 1.807) is 0 Å². The zero-order valence-electron chi connectivity index (χ0n) is 12.6. The molecule has 2 aliphatic rings. The van der Waals surface area contributed by atoms with Gasteiger partial charge in [-0.1, -0.05) is 32.9 Å². The van der Waals surface area contributed by atoms with E-state index in [1.165, 1.54) is 0 Å². The van der Waals surface area contributed by atoms with Gasteiger partial charge in [0.25, 0.3) is 0 Å². The molecule has 0 spiro atoms. The van der Waals surface area contributed by atoms with Crippen LogP contribution in [0.25, 0.3) is 11.0 Å². The molecule has 108 valence electrons. The van der Waals surface area contributed by atoms with E-state index in [0.29, 0.717) is 0 Å². The average molecular weight is 281 g/mol. The quantitative estimate of drug-likeness (QED) is 0.873. The monoisotopic (exact) mass is 281 g/mol. The van der Waals surface area contributed by atoms with Crippen molar-refractivity contribution >= 4 is 16.9 Å². The van der Waals surface area contributed by atoms with Gasteiger partial charge in [-0.3, -0.25) is 4.79 Å². The summed E-state index contributed by atoms with van der Waals surface area (Å²) in [6.45, 7) is 6.48. The minimum atomic E-state index is -0.686. The van der Waals surface area contributed by atoms with Crippen molar-refractivity contribution in [2.45, 2.75) is 44.4 Å². The minimum Gasteiger partial charge on any atom is -0.369 e. The maximum Gasteiger partial charge on any atom is 0.230 e. The van der Waals surface area contributed by atoms with Crippen molar-refractivity contribution in [2.75, 3.05) is 0 Å². The Kier molecular flexibility index (Phi) is 2.08. The van der Waals surface area contributed by atoms with E-state index in [2.05, 4.69) is 20.8 Å². The molecule has 1 heterocycles. The lowest BCUT2D eigenvalue weighted by atomic mass is 9.63. The Balaban J connectivity index is 2.15. The fourth-order valence-corrected chi connectivity index (χ4v) is 4.59. The van der Waals surface area contributed by atoms with Gasteiger partial charge in [-0.15, -0.1) is 0 Å². The summed E-state index contributed by atoms with van der Waals surface area (Å²) >= 11 is 0. The third-order valence-electron chi connectivity index (χ3n) is 6.36. The molecule has 0 radical (unpaired) electrons. The summed E-state index contributed by atoms with van der Waals surface area (Å²) < 4.78 is 0. The number of hydrogen-bond acceptors (Lipinski definition) is 3. The first-order valence-electron chi connectivity index (χ1n) is 7.42. The highest BCUT2D eigenvalue weighted by molar-refractivity contribution is 5.91. The van der Waals surface area contributed by atoms with Crippen LogP contribution in [0.2, 0.25) is 0 Å². The van der Waals surface area contributed by atoms with E-state index >= 15 is 0 Å². The number of carbonyl (C=O) groups excluding carboxylic acids is 1. The number of primary amides is 1. The molecule has 4 rings (SSSR count). The van der Waals surface area contributed by atoms with Crippen molar-refractivity contribution in [1.29, 1.82) is 0 Å². The number of para-hydroxylation sites is 2. The largest absolute Gasteiger partial charge is 0.369 e. The summed E-state index contributed by atoms with van der Waals surface area (Å²) in [5.41, 5.74) is 8.27. The maximum absolute atomic E-state index is 12.4. The van der Waals surface area contributed by atoms with Gasteiger partial charge in [-0.25, -0.2) is 9.97 Å². The van der Waals surface area contributed by atoms with E-state index in [4.69, 9.17) is 15.7 Å². The van der Waals surface area contributed by atoms with Crippen LogP contribution in [0.3, 0.4) is 0 Å². The normalized spacial score (nSPS) is 32.3. The lowest BCUT2D eigenvalue weighted by Crippen LogP contribution is -2.49. The van der Waals surface area contributed by atoms with Crippen LogP contribution in [-0.4, -0.2) is 15.9 Å². The number of benzene rings is 1. The highest BCUT2D eigenvalue weighted by atomic mass is 16.1. The first-order chi connectivity index (χ1) is 9.84. The predicted molar refractivity (Wildman–Crippen MR) is 80.8 cm³/mol. The van der Waals surface area contributed by atoms with E-state index in [1.807, 2.05) is 24.3 Å². The van der Waals surface area contributed by atoms with E-state index in [-0.39, 0.29) is 16.7 Å². The van der Waals surface area contributed by atoms with Crippen molar-refractivity contribution in [3.05, 3.63) is 35.7 Å². The second-order valence-electron chi connectivity index (χ2n) is 7.14. The number of nitrogens with zero attached hydrogens (tertiary/aromatic N) is 2. The lowest BCUT2D eigenvalue weighted by molar-refractivity contribution is -0.127. The van der Waals surface area contributed by atoms with Gasteiger partial charge in [0.1, 0.15) is 0 Å². The second-order valence-corrected chi connectivity index (χ2v) is 7.14. The summed E-state index contributed by atoms with van der Waals surface area (Å²) in [5, 5.41) is 0. The molecule has 4 nitrogen and oxygen atoms in total. The smallest absolute Gasteiger partial charge is 0.230 e. The highest BCUT2D eigenvalue weighted by Crippen LogP contribution is 2.69. The van der Waals surface area contributed by atoms with E-state index in [0.717, 1.165) is 35.3 Å². The van der Waals surface area contributed by atoms with Crippen molar-refractivity contribution in [1.82, 2.24) is 9.97 Å². The minimum absolute atomic E-state index is 0.144. The third kappa shape index (κ3) is 1.13. The Bertz CT molecular complexity index is 798. The molecule has 2 bridgehead atoms. The molecular weight excluding hydrogens is 262 g/mol. The molecule has 2 atom stereocenters. The molecule has 0 unspecified atom stereocenters. The Morgan fingerprint density at radius 2 is 1.62 bits per heavy atom. The molecule has 4 heteroatoms. The predicted octanol–water partition coefficient (Wildman–Crippen LogP) is 2.44. The average Bonchev–Trinajstić information content (AvgIpc) is 2.74. The molecule has 1 aromatic carbocycles. The SMILES string of the molecule is CC1(C)[C@@]2(C)CC[C@]1(C(N)=O)c1nc3ccccc3nc12. The van der Waals surface area contributed by atoms with Gasteiger partial charge in [0.05, 0.1) is 27.8 Å². The number of aromatic nitrogens is 2. The van der Waals surface area contributed by atoms with Crippen LogP contribution in [-0.2, 0) is 15.6 Å². The zero-order valence-corrected chi connectivity index (χ0v) is 12.6. The molecule has 0 saturated heterocycles. The number of amides is 1. The van der Waals surface area contributed by atoms with E-state index < -0.39 is 5.41 Å². The highest BCUT2D eigenvalue weighted by Gasteiger charge is 2.72. The molecule has 1 aromatic heterocycles. The molecule has 2 aromatic rings. The van der Waals surface area contributed by atoms with Gasteiger partial charge < -0.3 is 5.73 Å². The van der Waals surface area contributed by atoms with Crippen LogP contribution in [0.5, 0.6) is 0 Å². The van der Waals surface area contributed by atoms with Gasteiger partial charge in [-0.05, 0) is 30.4 Å². The number of nitrogens with two attached hydrogens (primary N) is 1. The molecule has 2 aliphatic carbocycles. The van der Waals surface area contributed by atoms with Crippen molar-refractivity contribution in [3.63, 3.8) is 0 Å². The van der Waals surface area contributed by atoms with Gasteiger partial charge >= 0.3 is 0 Å². The van der Waals surface area contributed by atoms with Gasteiger partial charge in [0.15, 0.2) is 0 Å². The summed E-state index contributed by atoms with van der Waals surface area (Å²) in [4.78, 5) is 22.1. The van der Waals surface area contributed by atoms with Gasteiger partial charge in [-0.2, -0.15) is 0 Å². The van der Waals surface area contributed by atoms with Crippen LogP contribution < -0.4 is 5.73 Å². The lowest BCUT2D eigenvalue weighted by Gasteiger charge is -2.38. The Morgan fingerprint density at radius 3 is 2.19 bits per heavy atom. The molecule has 1 saturated carbocycles. The Labute approximate surface area is 123 Å². The molecular formula is C17H19N3O. The van der Waals surface area contributed by atoms with Crippen LogP contribution >= 0.6 is 0 Å². The molecule has 1 amide bonds. The Hall–Kier alpha value is -1.97. The Morgan fingerprint density at radius 1 is 1.05 bits per heavy atom. The fraction of sp³-hybridized carbons (Fsp3) is 0.471. The standard InChI is InChI=1S/C17H19N3O/c1-15(2)16(3)8-9-17(15,14(18)21)13-12(16)19-10-6-4-5-7-11(10)20-13/h4-7H,8-9H2,1-3H3,(H2,18,21)/t16-,17+/m0/s1. The molecule has 1 fully saturated rings. The summed E-state index contributed by atoms with van der Waals surface area (Å²) in [7, 11) is 0. The van der Waals surface area contributed by atoms with Crippen molar-refractivity contribution in [3.8, 4) is 0 Å². The number of carbonyl (C=O) groups is 1. The topological polar surface area (TPSA) is 68.9 Å². The van der Waals surface area contributed by atoms with Gasteiger partial charge in [0.2, 0.25) is 5.91 Å². The first kappa shape index (κ1) is 12.7. The van der Waals surface area contributed by atoms with Crippen molar-refractivity contribution < 1.29 is 4.79 Å². The van der Waals surface area contributed by atoms with Crippen LogP contribution in [0, 0.1) is 5.41 Å². The first-order valence-corrected chi connectivity index (χ1v) is 7.42. The maximum atomic E-state index is 12.4. The van der Waals surface area contributed by atoms with Crippen LogP contribution in [0.15, 0.2) is 24.3 Å². The van der Waals surface area contributed by atoms with E-state index in [9.17, 15) is 4.79 Å². The summed E-state index contributed by atoms with van der Waals surface area (Å²) in [6, 6.07) is 7.83. The molecule has 0 aliphatic heterocycles. The summed E-state index contributed by atoms with van der Waals surface area (Å²) in [5.74, 6) is -0.264. The number of fused-ring (bicyclic) bond motifs is 6. The zero-order chi connectivity index (χ0) is 15.0. The van der Waals surface area contributed by atoms with Crippen molar-refractivity contribution in [2.24, 2.45) is 11.1 Å². The number of hydrogen-bond donors (Lipinski definition) is 1. The number of rotatable bonds is 1.